The Balaban J connectivity index is 1.75. The normalized spacial score (nSPS) is 30.5. The van der Waals surface area contributed by atoms with Crippen LogP contribution < -0.4 is 10.6 Å². The fraction of sp³-hybridized carbons (Fsp3) is 1.00. The van der Waals surface area contributed by atoms with Gasteiger partial charge in [0.2, 0.25) is 0 Å². The van der Waals surface area contributed by atoms with Crippen molar-refractivity contribution in [1.82, 2.24) is 10.6 Å². The number of nitrogens with one attached hydrogen (secondary N) is 2. The maximum Gasteiger partial charge on any atom is 0.00822 e. The molecule has 1 aliphatic heterocycles. The van der Waals surface area contributed by atoms with E-state index in [2.05, 4.69) is 17.6 Å². The highest BCUT2D eigenvalue weighted by atomic mass is 15.0. The SMILES string of the molecule is C[C@H](NC1CCCNCC1)C1CCCCCC1. The van der Waals surface area contributed by atoms with Crippen LogP contribution in [0.1, 0.15) is 64.7 Å². The Labute approximate surface area is 107 Å². The summed E-state index contributed by atoms with van der Waals surface area (Å²) in [6.45, 7) is 4.85. The average Bonchev–Trinajstić information content (AvgIpc) is 2.72. The molecule has 1 unspecified atom stereocenters. The van der Waals surface area contributed by atoms with E-state index in [0.717, 1.165) is 18.0 Å². The number of hydrogen-bond donors (Lipinski definition) is 2. The third kappa shape index (κ3) is 4.59. The van der Waals surface area contributed by atoms with Crippen molar-refractivity contribution in [3.63, 3.8) is 0 Å². The van der Waals surface area contributed by atoms with E-state index < -0.39 is 0 Å². The monoisotopic (exact) mass is 238 g/mol. The lowest BCUT2D eigenvalue weighted by Crippen LogP contribution is -2.41. The molecule has 0 aromatic heterocycles. The van der Waals surface area contributed by atoms with E-state index >= 15 is 0 Å². The fourth-order valence-corrected chi connectivity index (χ4v) is 3.50. The summed E-state index contributed by atoms with van der Waals surface area (Å²) >= 11 is 0. The van der Waals surface area contributed by atoms with Gasteiger partial charge in [0.15, 0.2) is 0 Å². The lowest BCUT2D eigenvalue weighted by molar-refractivity contribution is 0.298. The summed E-state index contributed by atoms with van der Waals surface area (Å²) in [4.78, 5) is 0. The topological polar surface area (TPSA) is 24.1 Å². The molecule has 2 atom stereocenters. The molecule has 100 valence electrons. The molecule has 17 heavy (non-hydrogen) atoms. The van der Waals surface area contributed by atoms with Crippen LogP contribution in [0.5, 0.6) is 0 Å². The highest BCUT2D eigenvalue weighted by molar-refractivity contribution is 4.80. The minimum absolute atomic E-state index is 0.733. The van der Waals surface area contributed by atoms with Crippen LogP contribution in [0, 0.1) is 5.92 Å². The zero-order chi connectivity index (χ0) is 11.9. The van der Waals surface area contributed by atoms with Gasteiger partial charge in [0.1, 0.15) is 0 Å². The Kier molecular flexibility index (Phi) is 5.79. The Hall–Kier alpha value is -0.0800. The summed E-state index contributed by atoms with van der Waals surface area (Å²) in [5.74, 6) is 0.939. The molecule has 0 aromatic rings. The average molecular weight is 238 g/mol. The zero-order valence-electron chi connectivity index (χ0n) is 11.5. The number of hydrogen-bond acceptors (Lipinski definition) is 2. The van der Waals surface area contributed by atoms with Crippen LogP contribution in [0.25, 0.3) is 0 Å². The first kappa shape index (κ1) is 13.4. The predicted octanol–water partition coefficient (Wildman–Crippen LogP) is 3.08. The fourth-order valence-electron chi connectivity index (χ4n) is 3.50. The third-order valence-electron chi connectivity index (χ3n) is 4.68. The van der Waals surface area contributed by atoms with Gasteiger partial charge >= 0.3 is 0 Å². The van der Waals surface area contributed by atoms with Crippen LogP contribution in [-0.4, -0.2) is 25.2 Å². The van der Waals surface area contributed by atoms with Gasteiger partial charge in [-0.1, -0.05) is 25.7 Å². The second-order valence-corrected chi connectivity index (χ2v) is 6.08. The van der Waals surface area contributed by atoms with E-state index in [4.69, 9.17) is 0 Å². The van der Waals surface area contributed by atoms with Crippen LogP contribution in [0.3, 0.4) is 0 Å². The van der Waals surface area contributed by atoms with Crippen LogP contribution in [-0.2, 0) is 0 Å². The quantitative estimate of drug-likeness (QED) is 0.738. The largest absolute Gasteiger partial charge is 0.317 e. The standard InChI is InChI=1S/C15H30N2/c1-13(14-7-4-2-3-5-8-14)17-15-9-6-11-16-12-10-15/h13-17H,2-12H2,1H3/t13-,15?/m0/s1. The van der Waals surface area contributed by atoms with Crippen molar-refractivity contribution in [1.29, 1.82) is 0 Å². The molecule has 0 amide bonds. The summed E-state index contributed by atoms with van der Waals surface area (Å²) < 4.78 is 0. The molecule has 2 fully saturated rings. The number of rotatable bonds is 3. The minimum Gasteiger partial charge on any atom is -0.317 e. The molecule has 1 heterocycles. The lowest BCUT2D eigenvalue weighted by atomic mass is 9.92. The van der Waals surface area contributed by atoms with E-state index in [0.29, 0.717) is 0 Å². The minimum atomic E-state index is 0.733. The summed E-state index contributed by atoms with van der Waals surface area (Å²) in [6, 6.07) is 1.50. The molecular weight excluding hydrogens is 208 g/mol. The first-order chi connectivity index (χ1) is 8.36. The van der Waals surface area contributed by atoms with Crippen molar-refractivity contribution in [2.24, 2.45) is 5.92 Å². The molecule has 1 saturated heterocycles. The summed E-state index contributed by atoms with van der Waals surface area (Å²) in [5.41, 5.74) is 0. The maximum absolute atomic E-state index is 3.92. The van der Waals surface area contributed by atoms with Crippen molar-refractivity contribution in [2.45, 2.75) is 76.8 Å². The molecule has 2 nitrogen and oxygen atoms in total. The second-order valence-electron chi connectivity index (χ2n) is 6.08. The van der Waals surface area contributed by atoms with Gasteiger partial charge < -0.3 is 10.6 Å². The van der Waals surface area contributed by atoms with E-state index in [-0.39, 0.29) is 0 Å². The van der Waals surface area contributed by atoms with Crippen molar-refractivity contribution in [3.05, 3.63) is 0 Å². The summed E-state index contributed by atoms with van der Waals surface area (Å²) in [7, 11) is 0. The van der Waals surface area contributed by atoms with Crippen molar-refractivity contribution in [2.75, 3.05) is 13.1 Å². The Morgan fingerprint density at radius 1 is 0.882 bits per heavy atom. The third-order valence-corrected chi connectivity index (χ3v) is 4.68. The van der Waals surface area contributed by atoms with E-state index in [1.807, 2.05) is 0 Å². The van der Waals surface area contributed by atoms with E-state index in [1.54, 1.807) is 0 Å². The molecular formula is C15H30N2. The molecule has 0 radical (unpaired) electrons. The molecule has 0 bridgehead atoms. The van der Waals surface area contributed by atoms with Gasteiger partial charge in [-0.05, 0) is 58.0 Å². The Bertz CT molecular complexity index is 189. The van der Waals surface area contributed by atoms with Gasteiger partial charge in [0.25, 0.3) is 0 Å². The van der Waals surface area contributed by atoms with Crippen LogP contribution >= 0.6 is 0 Å². The van der Waals surface area contributed by atoms with Gasteiger partial charge in [-0.15, -0.1) is 0 Å². The molecule has 0 spiro atoms. The predicted molar refractivity (Wildman–Crippen MR) is 74.3 cm³/mol. The molecule has 1 aliphatic carbocycles. The van der Waals surface area contributed by atoms with Crippen molar-refractivity contribution in [3.8, 4) is 0 Å². The maximum atomic E-state index is 3.92. The molecule has 2 aliphatic rings. The molecule has 2 heteroatoms. The smallest absolute Gasteiger partial charge is 0.00822 e. The van der Waals surface area contributed by atoms with Crippen molar-refractivity contribution < 1.29 is 0 Å². The highest BCUT2D eigenvalue weighted by Crippen LogP contribution is 2.26. The van der Waals surface area contributed by atoms with Gasteiger partial charge in [0, 0.05) is 12.1 Å². The van der Waals surface area contributed by atoms with Gasteiger partial charge in [-0.2, -0.15) is 0 Å². The first-order valence-corrected chi connectivity index (χ1v) is 7.83. The zero-order valence-corrected chi connectivity index (χ0v) is 11.5. The molecule has 2 rings (SSSR count). The second kappa shape index (κ2) is 7.38. The van der Waals surface area contributed by atoms with Gasteiger partial charge in [0.05, 0.1) is 0 Å². The van der Waals surface area contributed by atoms with Gasteiger partial charge in [-0.25, -0.2) is 0 Å². The Morgan fingerprint density at radius 3 is 2.41 bits per heavy atom. The molecule has 2 N–H and O–H groups in total. The summed E-state index contributed by atoms with van der Waals surface area (Å²) in [6.07, 6.45) is 12.8. The van der Waals surface area contributed by atoms with Crippen LogP contribution in [0.15, 0.2) is 0 Å². The lowest BCUT2D eigenvalue weighted by Gasteiger charge is -2.28. The molecule has 0 aromatic carbocycles. The van der Waals surface area contributed by atoms with Crippen LogP contribution in [0.4, 0.5) is 0 Å². The van der Waals surface area contributed by atoms with E-state index in [1.165, 1.54) is 70.9 Å². The summed E-state index contributed by atoms with van der Waals surface area (Å²) in [5, 5.41) is 7.42. The molecule has 1 saturated carbocycles. The van der Waals surface area contributed by atoms with E-state index in [9.17, 15) is 0 Å². The highest BCUT2D eigenvalue weighted by Gasteiger charge is 2.21. The van der Waals surface area contributed by atoms with Crippen molar-refractivity contribution >= 4 is 0 Å². The first-order valence-electron chi connectivity index (χ1n) is 7.83. The van der Waals surface area contributed by atoms with Gasteiger partial charge in [-0.3, -0.25) is 0 Å². The Morgan fingerprint density at radius 2 is 1.65 bits per heavy atom. The van der Waals surface area contributed by atoms with Crippen LogP contribution in [0.2, 0.25) is 0 Å².